The maximum Gasteiger partial charge on any atom is 0.310 e. The summed E-state index contributed by atoms with van der Waals surface area (Å²) in [6.45, 7) is 3.15. The Morgan fingerprint density at radius 1 is 1.07 bits per heavy atom. The van der Waals surface area contributed by atoms with Crippen LogP contribution in [-0.2, 0) is 16.1 Å². The molecular formula is C21H16Br2F4O2. The van der Waals surface area contributed by atoms with E-state index in [9.17, 15) is 22.4 Å². The van der Waals surface area contributed by atoms with Gasteiger partial charge in [0.15, 0.2) is 0 Å². The normalized spacial score (nSPS) is 19.6. The molecule has 3 rings (SSSR count). The molecule has 0 heterocycles. The summed E-state index contributed by atoms with van der Waals surface area (Å²) < 4.78 is 62.0. The van der Waals surface area contributed by atoms with Gasteiger partial charge in [-0.3, -0.25) is 4.79 Å². The minimum absolute atomic E-state index is 0.0851. The van der Waals surface area contributed by atoms with Crippen LogP contribution in [0.5, 0.6) is 0 Å². The smallest absolute Gasteiger partial charge is 0.310 e. The molecule has 0 N–H and O–H groups in total. The highest BCUT2D eigenvalue weighted by molar-refractivity contribution is 9.28. The first-order valence-corrected chi connectivity index (χ1v) is 10.2. The van der Waals surface area contributed by atoms with E-state index in [1.807, 2.05) is 19.9 Å². The van der Waals surface area contributed by atoms with Gasteiger partial charge < -0.3 is 4.74 Å². The van der Waals surface area contributed by atoms with Crippen molar-refractivity contribution in [3.8, 4) is 11.1 Å². The minimum atomic E-state index is -1.06. The van der Waals surface area contributed by atoms with Crippen molar-refractivity contribution in [3.63, 3.8) is 0 Å². The van der Waals surface area contributed by atoms with E-state index in [0.717, 1.165) is 24.3 Å². The Morgan fingerprint density at radius 3 is 2.34 bits per heavy atom. The number of halogens is 6. The van der Waals surface area contributed by atoms with Gasteiger partial charge in [-0.05, 0) is 67.5 Å². The largest absolute Gasteiger partial charge is 0.460 e. The SMILES string of the molecule is CC1(C)C(C=C(Br)Br)C1C(=O)OCc1c(F)ccc(-c2ccc(F)cc2F)c1F. The second kappa shape index (κ2) is 8.22. The van der Waals surface area contributed by atoms with Gasteiger partial charge in [-0.1, -0.05) is 19.9 Å². The molecule has 0 spiro atoms. The Balaban J connectivity index is 1.82. The first-order valence-electron chi connectivity index (χ1n) is 8.65. The maximum atomic E-state index is 14.9. The number of hydrogen-bond donors (Lipinski definition) is 0. The Bertz CT molecular complexity index is 1000. The second-order valence-electron chi connectivity index (χ2n) is 7.40. The molecule has 154 valence electrons. The summed E-state index contributed by atoms with van der Waals surface area (Å²) in [6, 6.07) is 4.68. The molecule has 0 aliphatic heterocycles. The fourth-order valence-corrected chi connectivity index (χ4v) is 4.02. The molecule has 0 amide bonds. The zero-order chi connectivity index (χ0) is 21.5. The highest BCUT2D eigenvalue weighted by Crippen LogP contribution is 2.60. The van der Waals surface area contributed by atoms with E-state index >= 15 is 0 Å². The van der Waals surface area contributed by atoms with Crippen molar-refractivity contribution in [3.05, 3.63) is 68.6 Å². The zero-order valence-electron chi connectivity index (χ0n) is 15.4. The van der Waals surface area contributed by atoms with E-state index in [4.69, 9.17) is 4.74 Å². The van der Waals surface area contributed by atoms with Crippen LogP contribution in [0, 0.1) is 40.5 Å². The third-order valence-electron chi connectivity index (χ3n) is 5.24. The molecule has 2 atom stereocenters. The van der Waals surface area contributed by atoms with Gasteiger partial charge in [0.05, 0.1) is 14.9 Å². The first kappa shape index (κ1) is 22.0. The van der Waals surface area contributed by atoms with Crippen LogP contribution in [0.2, 0.25) is 0 Å². The van der Waals surface area contributed by atoms with Crippen LogP contribution in [0.25, 0.3) is 11.1 Å². The Labute approximate surface area is 182 Å². The molecular weight excluding hydrogens is 520 g/mol. The van der Waals surface area contributed by atoms with Crippen LogP contribution in [0.4, 0.5) is 17.6 Å². The van der Waals surface area contributed by atoms with Crippen LogP contribution in [0.15, 0.2) is 39.8 Å². The monoisotopic (exact) mass is 534 g/mol. The zero-order valence-corrected chi connectivity index (χ0v) is 18.6. The van der Waals surface area contributed by atoms with Crippen molar-refractivity contribution >= 4 is 37.8 Å². The molecule has 2 nitrogen and oxygen atoms in total. The number of ether oxygens (including phenoxy) is 1. The summed E-state index contributed by atoms with van der Waals surface area (Å²) in [7, 11) is 0. The lowest BCUT2D eigenvalue weighted by molar-refractivity contribution is -0.147. The Hall–Kier alpha value is -1.67. The van der Waals surface area contributed by atoms with E-state index in [-0.39, 0.29) is 22.5 Å². The molecule has 8 heteroatoms. The number of rotatable bonds is 5. The van der Waals surface area contributed by atoms with Gasteiger partial charge in [-0.25, -0.2) is 17.6 Å². The maximum absolute atomic E-state index is 14.9. The van der Waals surface area contributed by atoms with Gasteiger partial charge in [0.1, 0.15) is 29.9 Å². The predicted molar refractivity (Wildman–Crippen MR) is 108 cm³/mol. The Morgan fingerprint density at radius 2 is 1.72 bits per heavy atom. The molecule has 29 heavy (non-hydrogen) atoms. The number of benzene rings is 2. The van der Waals surface area contributed by atoms with Gasteiger partial charge in [-0.2, -0.15) is 0 Å². The number of carbonyl (C=O) groups is 1. The quantitative estimate of drug-likeness (QED) is 0.309. The molecule has 0 bridgehead atoms. The molecule has 1 aliphatic carbocycles. The van der Waals surface area contributed by atoms with Gasteiger partial charge in [0.2, 0.25) is 0 Å². The van der Waals surface area contributed by atoms with E-state index < -0.39 is 47.3 Å². The third kappa shape index (κ3) is 4.43. The van der Waals surface area contributed by atoms with Gasteiger partial charge in [-0.15, -0.1) is 0 Å². The molecule has 0 radical (unpaired) electrons. The standard InChI is InChI=1S/C21H16Br2F4O2/c1-21(2)14(8-17(22)23)18(21)20(28)29-9-13-15(25)6-5-12(19(13)27)11-4-3-10(24)7-16(11)26/h3-8,14,18H,9H2,1-2H3. The molecule has 1 aliphatic rings. The molecule has 2 unspecified atom stereocenters. The fourth-order valence-electron chi connectivity index (χ4n) is 3.45. The van der Waals surface area contributed by atoms with Crippen LogP contribution in [-0.4, -0.2) is 5.97 Å². The van der Waals surface area contributed by atoms with Crippen molar-refractivity contribution in [1.82, 2.24) is 0 Å². The number of hydrogen-bond acceptors (Lipinski definition) is 2. The van der Waals surface area contributed by atoms with Gasteiger partial charge in [0.25, 0.3) is 0 Å². The summed E-state index contributed by atoms with van der Waals surface area (Å²) in [4.78, 5) is 12.4. The lowest BCUT2D eigenvalue weighted by Gasteiger charge is -2.12. The third-order valence-corrected chi connectivity index (χ3v) is 5.76. The van der Waals surface area contributed by atoms with Crippen LogP contribution in [0.3, 0.4) is 0 Å². The topological polar surface area (TPSA) is 26.3 Å². The lowest BCUT2D eigenvalue weighted by Crippen LogP contribution is -2.12. The number of allylic oxidation sites excluding steroid dienone is 1. The molecule has 1 fully saturated rings. The fraction of sp³-hybridized carbons (Fsp3) is 0.286. The van der Waals surface area contributed by atoms with Crippen LogP contribution in [0.1, 0.15) is 19.4 Å². The molecule has 2 aromatic rings. The first-order chi connectivity index (χ1) is 13.5. The van der Waals surface area contributed by atoms with E-state index in [0.29, 0.717) is 9.46 Å². The highest BCUT2D eigenvalue weighted by Gasteiger charge is 2.61. The molecule has 0 aromatic heterocycles. The Kier molecular flexibility index (Phi) is 6.24. The highest BCUT2D eigenvalue weighted by atomic mass is 79.9. The van der Waals surface area contributed by atoms with Gasteiger partial charge >= 0.3 is 5.97 Å². The summed E-state index contributed by atoms with van der Waals surface area (Å²) in [5, 5.41) is 0. The molecule has 2 aromatic carbocycles. The second-order valence-corrected chi connectivity index (χ2v) is 10.2. The number of carbonyl (C=O) groups excluding carboxylic acids is 1. The average Bonchev–Trinajstić information content (AvgIpc) is 3.15. The van der Waals surface area contributed by atoms with Crippen molar-refractivity contribution in [2.24, 2.45) is 17.3 Å². The van der Waals surface area contributed by atoms with Crippen molar-refractivity contribution < 1.29 is 27.1 Å². The van der Waals surface area contributed by atoms with Crippen molar-refractivity contribution in [1.29, 1.82) is 0 Å². The molecule has 1 saturated carbocycles. The van der Waals surface area contributed by atoms with Crippen molar-refractivity contribution in [2.75, 3.05) is 0 Å². The number of esters is 1. The van der Waals surface area contributed by atoms with Crippen LogP contribution >= 0.6 is 31.9 Å². The van der Waals surface area contributed by atoms with Gasteiger partial charge in [0, 0.05) is 17.2 Å². The lowest BCUT2D eigenvalue weighted by atomic mass is 10.0. The summed E-state index contributed by atoms with van der Waals surface area (Å²) in [5.74, 6) is -4.87. The molecule has 0 saturated heterocycles. The summed E-state index contributed by atoms with van der Waals surface area (Å²) >= 11 is 6.50. The van der Waals surface area contributed by atoms with E-state index in [1.54, 1.807) is 0 Å². The average molecular weight is 536 g/mol. The minimum Gasteiger partial charge on any atom is -0.460 e. The van der Waals surface area contributed by atoms with Crippen LogP contribution < -0.4 is 0 Å². The van der Waals surface area contributed by atoms with E-state index in [2.05, 4.69) is 31.9 Å². The summed E-state index contributed by atoms with van der Waals surface area (Å²) in [5.41, 5.74) is -1.30. The predicted octanol–water partition coefficient (Wildman–Crippen LogP) is 6.86. The van der Waals surface area contributed by atoms with E-state index in [1.165, 1.54) is 0 Å². The van der Waals surface area contributed by atoms with Crippen molar-refractivity contribution in [2.45, 2.75) is 20.5 Å². The summed E-state index contributed by atoms with van der Waals surface area (Å²) in [6.07, 6.45) is 1.82.